The van der Waals surface area contributed by atoms with Gasteiger partial charge in [0.15, 0.2) is 0 Å². The van der Waals surface area contributed by atoms with E-state index in [1.54, 1.807) is 24.1 Å². The Morgan fingerprint density at radius 3 is 2.69 bits per heavy atom. The second-order valence-electron chi connectivity index (χ2n) is 6.63. The Kier molecular flexibility index (Phi) is 7.49. The van der Waals surface area contributed by atoms with Crippen LogP contribution in [0.5, 0.6) is 11.5 Å². The first kappa shape index (κ1) is 21.1. The van der Waals surface area contributed by atoms with E-state index in [1.165, 1.54) is 16.9 Å². The fourth-order valence-electron chi connectivity index (χ4n) is 2.55. The zero-order chi connectivity index (χ0) is 20.6. The SMILES string of the molecule is Cc1ccc(OCc2nc(CC(=O)N(C)CCOc3cccc(Cl)c3)cs2)cc1. The van der Waals surface area contributed by atoms with Crippen LogP contribution in [0.3, 0.4) is 0 Å². The van der Waals surface area contributed by atoms with Gasteiger partial charge in [0.25, 0.3) is 0 Å². The predicted octanol–water partition coefficient (Wildman–Crippen LogP) is 4.76. The Hall–Kier alpha value is -2.57. The van der Waals surface area contributed by atoms with Crippen molar-refractivity contribution in [3.05, 3.63) is 75.2 Å². The van der Waals surface area contributed by atoms with Crippen LogP contribution >= 0.6 is 22.9 Å². The van der Waals surface area contributed by atoms with Gasteiger partial charge in [0.2, 0.25) is 5.91 Å². The topological polar surface area (TPSA) is 51.7 Å². The van der Waals surface area contributed by atoms with Crippen molar-refractivity contribution in [3.63, 3.8) is 0 Å². The second kappa shape index (κ2) is 10.3. The molecule has 7 heteroatoms. The van der Waals surface area contributed by atoms with Crippen molar-refractivity contribution < 1.29 is 14.3 Å². The molecule has 0 spiro atoms. The van der Waals surface area contributed by atoms with Gasteiger partial charge in [-0.05, 0) is 37.3 Å². The van der Waals surface area contributed by atoms with Gasteiger partial charge >= 0.3 is 0 Å². The lowest BCUT2D eigenvalue weighted by Gasteiger charge is -2.17. The maximum Gasteiger partial charge on any atom is 0.228 e. The Balaban J connectivity index is 1.42. The Bertz CT molecular complexity index is 943. The molecule has 1 heterocycles. The molecule has 0 saturated heterocycles. The highest BCUT2D eigenvalue weighted by Crippen LogP contribution is 2.18. The van der Waals surface area contributed by atoms with E-state index in [4.69, 9.17) is 21.1 Å². The van der Waals surface area contributed by atoms with Crippen LogP contribution in [0.1, 0.15) is 16.3 Å². The standard InChI is InChI=1S/C22H23ClN2O3S/c1-16-6-8-19(9-7-16)28-14-21-24-18(15-29-21)13-22(26)25(2)10-11-27-20-5-3-4-17(23)12-20/h3-9,12,15H,10-11,13-14H2,1-2H3. The smallest absolute Gasteiger partial charge is 0.228 e. The van der Waals surface area contributed by atoms with Crippen molar-refractivity contribution >= 4 is 28.8 Å². The van der Waals surface area contributed by atoms with Crippen molar-refractivity contribution in [2.45, 2.75) is 20.0 Å². The summed E-state index contributed by atoms with van der Waals surface area (Å²) in [5.74, 6) is 1.50. The van der Waals surface area contributed by atoms with Gasteiger partial charge < -0.3 is 14.4 Å². The molecule has 3 rings (SSSR count). The third-order valence-electron chi connectivity index (χ3n) is 4.23. The van der Waals surface area contributed by atoms with Crippen molar-refractivity contribution in [1.29, 1.82) is 0 Å². The molecule has 29 heavy (non-hydrogen) atoms. The number of benzene rings is 2. The van der Waals surface area contributed by atoms with Crippen LogP contribution in [0.4, 0.5) is 0 Å². The fraction of sp³-hybridized carbons (Fsp3) is 0.273. The van der Waals surface area contributed by atoms with Crippen LogP contribution in [0, 0.1) is 6.92 Å². The first-order valence-electron chi connectivity index (χ1n) is 9.24. The van der Waals surface area contributed by atoms with Crippen LogP contribution < -0.4 is 9.47 Å². The highest BCUT2D eigenvalue weighted by Gasteiger charge is 2.13. The summed E-state index contributed by atoms with van der Waals surface area (Å²) in [7, 11) is 1.76. The van der Waals surface area contributed by atoms with E-state index in [0.717, 1.165) is 16.5 Å². The van der Waals surface area contributed by atoms with Crippen molar-refractivity contribution in [3.8, 4) is 11.5 Å². The van der Waals surface area contributed by atoms with Gasteiger partial charge in [0.1, 0.15) is 29.7 Å². The van der Waals surface area contributed by atoms with Crippen molar-refractivity contribution in [1.82, 2.24) is 9.88 Å². The molecule has 0 aliphatic heterocycles. The molecular formula is C22H23ClN2O3S. The number of likely N-dealkylation sites (N-methyl/N-ethyl adjacent to an activating group) is 1. The lowest BCUT2D eigenvalue weighted by Crippen LogP contribution is -2.32. The van der Waals surface area contributed by atoms with E-state index in [0.29, 0.717) is 30.5 Å². The number of carbonyl (C=O) groups is 1. The fourth-order valence-corrected chi connectivity index (χ4v) is 3.43. The van der Waals surface area contributed by atoms with Gasteiger partial charge in [-0.2, -0.15) is 0 Å². The summed E-state index contributed by atoms with van der Waals surface area (Å²) >= 11 is 7.43. The second-order valence-corrected chi connectivity index (χ2v) is 8.01. The molecule has 0 saturated carbocycles. The van der Waals surface area contributed by atoms with E-state index in [1.807, 2.05) is 48.7 Å². The van der Waals surface area contributed by atoms with E-state index in [-0.39, 0.29) is 12.3 Å². The summed E-state index contributed by atoms with van der Waals surface area (Å²) in [5.41, 5.74) is 1.94. The molecule has 0 bridgehead atoms. The molecule has 0 fully saturated rings. The van der Waals surface area contributed by atoms with E-state index in [9.17, 15) is 4.79 Å². The number of hydrogen-bond donors (Lipinski definition) is 0. The number of thiazole rings is 1. The molecule has 0 aliphatic rings. The van der Waals surface area contributed by atoms with Gasteiger partial charge in [0.05, 0.1) is 18.7 Å². The minimum Gasteiger partial charge on any atom is -0.492 e. The van der Waals surface area contributed by atoms with E-state index < -0.39 is 0 Å². The molecular weight excluding hydrogens is 408 g/mol. The summed E-state index contributed by atoms with van der Waals surface area (Å²) < 4.78 is 11.4. The van der Waals surface area contributed by atoms with Crippen LogP contribution in [-0.4, -0.2) is 36.0 Å². The zero-order valence-electron chi connectivity index (χ0n) is 16.4. The Labute approximate surface area is 179 Å². The van der Waals surface area contributed by atoms with Crippen molar-refractivity contribution in [2.24, 2.45) is 0 Å². The number of amides is 1. The molecule has 5 nitrogen and oxygen atoms in total. The number of carbonyl (C=O) groups excluding carboxylic acids is 1. The van der Waals surface area contributed by atoms with Gasteiger partial charge in [-0.25, -0.2) is 4.98 Å². The molecule has 0 atom stereocenters. The summed E-state index contributed by atoms with van der Waals surface area (Å²) in [4.78, 5) is 18.6. The molecule has 0 aliphatic carbocycles. The minimum absolute atomic E-state index is 0.00371. The van der Waals surface area contributed by atoms with Gasteiger partial charge in [-0.1, -0.05) is 35.4 Å². The molecule has 1 aromatic heterocycles. The Morgan fingerprint density at radius 1 is 1.14 bits per heavy atom. The van der Waals surface area contributed by atoms with Crippen molar-refractivity contribution in [2.75, 3.05) is 20.2 Å². The van der Waals surface area contributed by atoms with Gasteiger partial charge in [0, 0.05) is 17.5 Å². The number of nitrogens with zero attached hydrogens (tertiary/aromatic N) is 2. The number of ether oxygens (including phenoxy) is 2. The minimum atomic E-state index is -0.00371. The first-order valence-corrected chi connectivity index (χ1v) is 10.5. The maximum absolute atomic E-state index is 12.4. The van der Waals surface area contributed by atoms with E-state index >= 15 is 0 Å². The number of rotatable bonds is 9. The molecule has 2 aromatic carbocycles. The van der Waals surface area contributed by atoms with Crippen LogP contribution in [0.15, 0.2) is 53.9 Å². The lowest BCUT2D eigenvalue weighted by molar-refractivity contribution is -0.129. The lowest BCUT2D eigenvalue weighted by atomic mass is 10.2. The van der Waals surface area contributed by atoms with Gasteiger partial charge in [-0.15, -0.1) is 11.3 Å². The van der Waals surface area contributed by atoms with Crippen LogP contribution in [0.2, 0.25) is 5.02 Å². The molecule has 0 N–H and O–H groups in total. The molecule has 1 amide bonds. The number of halogens is 1. The highest BCUT2D eigenvalue weighted by molar-refractivity contribution is 7.09. The van der Waals surface area contributed by atoms with Crippen LogP contribution in [0.25, 0.3) is 0 Å². The normalized spacial score (nSPS) is 10.6. The Morgan fingerprint density at radius 2 is 1.93 bits per heavy atom. The quantitative estimate of drug-likeness (QED) is 0.491. The molecule has 0 radical (unpaired) electrons. The molecule has 152 valence electrons. The monoisotopic (exact) mass is 430 g/mol. The summed E-state index contributed by atoms with van der Waals surface area (Å²) in [6.07, 6.45) is 0.259. The zero-order valence-corrected chi connectivity index (χ0v) is 18.0. The summed E-state index contributed by atoms with van der Waals surface area (Å²) in [6.45, 7) is 3.31. The predicted molar refractivity (Wildman–Crippen MR) is 116 cm³/mol. The van der Waals surface area contributed by atoms with E-state index in [2.05, 4.69) is 4.98 Å². The largest absolute Gasteiger partial charge is 0.492 e. The van der Waals surface area contributed by atoms with Gasteiger partial charge in [-0.3, -0.25) is 4.79 Å². The van der Waals surface area contributed by atoms with Crippen LogP contribution in [-0.2, 0) is 17.8 Å². The average molecular weight is 431 g/mol. The third kappa shape index (κ3) is 6.76. The third-order valence-corrected chi connectivity index (χ3v) is 5.34. The first-order chi connectivity index (χ1) is 14.0. The average Bonchev–Trinajstić information content (AvgIpc) is 3.15. The number of aromatic nitrogens is 1. The number of hydrogen-bond acceptors (Lipinski definition) is 5. The summed E-state index contributed by atoms with van der Waals surface area (Å²) in [6, 6.07) is 15.1. The molecule has 3 aromatic rings. The maximum atomic E-state index is 12.4. The number of aryl methyl sites for hydroxylation is 1. The highest BCUT2D eigenvalue weighted by atomic mass is 35.5. The molecule has 0 unspecified atom stereocenters. The summed E-state index contributed by atoms with van der Waals surface area (Å²) in [5, 5.41) is 3.38.